The Bertz CT molecular complexity index is 726. The van der Waals surface area contributed by atoms with E-state index in [1.54, 1.807) is 18.2 Å². The highest BCUT2D eigenvalue weighted by Crippen LogP contribution is 2.28. The van der Waals surface area contributed by atoms with Crippen LogP contribution >= 0.6 is 22.9 Å². The second-order valence-electron chi connectivity index (χ2n) is 4.59. The minimum atomic E-state index is -3.60. The second kappa shape index (κ2) is 6.79. The average Bonchev–Trinajstić information content (AvgIpc) is 2.90. The zero-order valence-corrected chi connectivity index (χ0v) is 14.2. The van der Waals surface area contributed by atoms with Crippen LogP contribution in [-0.2, 0) is 16.6 Å². The van der Waals surface area contributed by atoms with Gasteiger partial charge in [0.2, 0.25) is 0 Å². The lowest BCUT2D eigenvalue weighted by atomic mass is 10.2. The van der Waals surface area contributed by atoms with E-state index in [1.165, 1.54) is 11.3 Å². The molecule has 0 bridgehead atoms. The number of rotatable bonds is 6. The van der Waals surface area contributed by atoms with Crippen molar-refractivity contribution in [2.24, 2.45) is 0 Å². The van der Waals surface area contributed by atoms with Crippen LogP contribution < -0.4 is 10.0 Å². The molecule has 114 valence electrons. The molecule has 0 amide bonds. The molecule has 0 aliphatic heterocycles. The minimum absolute atomic E-state index is 0.285. The predicted octanol–water partition coefficient (Wildman–Crippen LogP) is 3.62. The number of halogens is 1. The van der Waals surface area contributed by atoms with Crippen molar-refractivity contribution in [2.75, 3.05) is 11.3 Å². The van der Waals surface area contributed by atoms with E-state index in [0.717, 1.165) is 17.0 Å². The Balaban J connectivity index is 2.22. The first-order valence-electron chi connectivity index (χ1n) is 6.51. The number of hydrogen-bond acceptors (Lipinski definition) is 4. The number of thiophene rings is 1. The third kappa shape index (κ3) is 4.20. The lowest BCUT2D eigenvalue weighted by Crippen LogP contribution is -2.12. The third-order valence-corrected chi connectivity index (χ3v) is 6.09. The summed E-state index contributed by atoms with van der Waals surface area (Å²) in [5.74, 6) is 0. The van der Waals surface area contributed by atoms with E-state index in [4.69, 9.17) is 11.6 Å². The van der Waals surface area contributed by atoms with E-state index in [0.29, 0.717) is 17.3 Å². The van der Waals surface area contributed by atoms with Crippen LogP contribution in [0.4, 0.5) is 5.69 Å². The quantitative estimate of drug-likeness (QED) is 0.841. The second-order valence-corrected chi connectivity index (χ2v) is 8.07. The van der Waals surface area contributed by atoms with Gasteiger partial charge >= 0.3 is 0 Å². The highest BCUT2D eigenvalue weighted by Gasteiger charge is 2.18. The molecular weight excluding hydrogens is 328 g/mol. The molecular formula is C14H17ClN2O2S2. The van der Waals surface area contributed by atoms with Crippen molar-refractivity contribution in [2.45, 2.75) is 24.6 Å². The molecule has 1 heterocycles. The molecule has 0 saturated heterocycles. The summed E-state index contributed by atoms with van der Waals surface area (Å²) in [5.41, 5.74) is 1.34. The van der Waals surface area contributed by atoms with Crippen molar-refractivity contribution >= 4 is 38.6 Å². The van der Waals surface area contributed by atoms with Crippen LogP contribution in [0.2, 0.25) is 5.02 Å². The molecule has 0 spiro atoms. The molecule has 0 aliphatic rings. The van der Waals surface area contributed by atoms with Gasteiger partial charge in [0.05, 0.1) is 10.7 Å². The fraction of sp³-hybridized carbons (Fsp3) is 0.286. The van der Waals surface area contributed by atoms with E-state index >= 15 is 0 Å². The minimum Gasteiger partial charge on any atom is -0.312 e. The fourth-order valence-corrected chi connectivity index (χ4v) is 4.38. The zero-order chi connectivity index (χ0) is 15.5. The van der Waals surface area contributed by atoms with E-state index in [1.807, 2.05) is 26.0 Å². The summed E-state index contributed by atoms with van der Waals surface area (Å²) in [6.45, 7) is 5.40. The Morgan fingerprint density at radius 1 is 1.24 bits per heavy atom. The summed E-state index contributed by atoms with van der Waals surface area (Å²) in [5, 5.41) is 3.55. The Labute approximate surface area is 134 Å². The van der Waals surface area contributed by atoms with Gasteiger partial charge < -0.3 is 5.32 Å². The monoisotopic (exact) mass is 344 g/mol. The van der Waals surface area contributed by atoms with Gasteiger partial charge in [-0.3, -0.25) is 4.72 Å². The van der Waals surface area contributed by atoms with Gasteiger partial charge in [0.15, 0.2) is 0 Å². The van der Waals surface area contributed by atoms with Crippen LogP contribution in [0.5, 0.6) is 0 Å². The molecule has 0 radical (unpaired) electrons. The lowest BCUT2D eigenvalue weighted by Gasteiger charge is -2.09. The molecule has 2 rings (SSSR count). The van der Waals surface area contributed by atoms with Gasteiger partial charge in [-0.25, -0.2) is 8.42 Å². The SMILES string of the molecule is CCNCc1ccc(S(=O)(=O)Nc2cc(C)ccc2Cl)s1. The molecule has 1 aromatic heterocycles. The summed E-state index contributed by atoms with van der Waals surface area (Å²) in [6, 6.07) is 8.66. The summed E-state index contributed by atoms with van der Waals surface area (Å²) >= 11 is 7.28. The average molecular weight is 345 g/mol. The van der Waals surface area contributed by atoms with Crippen LogP contribution in [0.25, 0.3) is 0 Å². The van der Waals surface area contributed by atoms with Gasteiger partial charge in [-0.1, -0.05) is 24.6 Å². The standard InChI is InChI=1S/C14H17ClN2O2S2/c1-3-16-9-11-5-7-14(20-11)21(18,19)17-13-8-10(2)4-6-12(13)15/h4-8,16-17H,3,9H2,1-2H3. The number of benzene rings is 1. The van der Waals surface area contributed by atoms with Crippen LogP contribution in [0.1, 0.15) is 17.4 Å². The molecule has 21 heavy (non-hydrogen) atoms. The van der Waals surface area contributed by atoms with Gasteiger partial charge in [-0.2, -0.15) is 0 Å². The molecule has 4 nitrogen and oxygen atoms in total. The van der Waals surface area contributed by atoms with Gasteiger partial charge in [-0.05, 0) is 43.3 Å². The first kappa shape index (κ1) is 16.3. The van der Waals surface area contributed by atoms with Crippen molar-refractivity contribution < 1.29 is 8.42 Å². The molecule has 1 aromatic carbocycles. The Hall–Kier alpha value is -1.08. The van der Waals surface area contributed by atoms with E-state index in [9.17, 15) is 8.42 Å². The van der Waals surface area contributed by atoms with E-state index in [2.05, 4.69) is 10.0 Å². The Morgan fingerprint density at radius 2 is 2.00 bits per heavy atom. The maximum absolute atomic E-state index is 12.4. The van der Waals surface area contributed by atoms with Gasteiger partial charge in [0.25, 0.3) is 10.0 Å². The van der Waals surface area contributed by atoms with Crippen molar-refractivity contribution in [3.63, 3.8) is 0 Å². The van der Waals surface area contributed by atoms with Crippen LogP contribution in [0.15, 0.2) is 34.5 Å². The summed E-state index contributed by atoms with van der Waals surface area (Å²) in [6.07, 6.45) is 0. The maximum atomic E-state index is 12.4. The topological polar surface area (TPSA) is 58.2 Å². The lowest BCUT2D eigenvalue weighted by molar-refractivity contribution is 0.603. The number of anilines is 1. The van der Waals surface area contributed by atoms with Crippen molar-refractivity contribution in [3.8, 4) is 0 Å². The maximum Gasteiger partial charge on any atom is 0.271 e. The van der Waals surface area contributed by atoms with Crippen molar-refractivity contribution in [1.29, 1.82) is 0 Å². The Kier molecular flexibility index (Phi) is 5.27. The molecule has 0 aliphatic carbocycles. The van der Waals surface area contributed by atoms with Gasteiger partial charge in [0.1, 0.15) is 4.21 Å². The van der Waals surface area contributed by atoms with Gasteiger partial charge in [-0.15, -0.1) is 11.3 Å². The van der Waals surface area contributed by atoms with Crippen molar-refractivity contribution in [3.05, 3.63) is 45.8 Å². The molecule has 2 N–H and O–H groups in total. The number of nitrogens with one attached hydrogen (secondary N) is 2. The van der Waals surface area contributed by atoms with E-state index in [-0.39, 0.29) is 4.21 Å². The third-order valence-electron chi connectivity index (χ3n) is 2.82. The largest absolute Gasteiger partial charge is 0.312 e. The number of aryl methyl sites for hydroxylation is 1. The summed E-state index contributed by atoms with van der Waals surface area (Å²) in [7, 11) is -3.60. The van der Waals surface area contributed by atoms with E-state index < -0.39 is 10.0 Å². The molecule has 0 atom stereocenters. The molecule has 7 heteroatoms. The van der Waals surface area contributed by atoms with Crippen molar-refractivity contribution in [1.82, 2.24) is 5.32 Å². The van der Waals surface area contributed by atoms with Crippen LogP contribution in [-0.4, -0.2) is 15.0 Å². The predicted molar refractivity (Wildman–Crippen MR) is 88.7 cm³/mol. The number of sulfonamides is 1. The molecule has 0 fully saturated rings. The summed E-state index contributed by atoms with van der Waals surface area (Å²) in [4.78, 5) is 0.979. The molecule has 0 unspecified atom stereocenters. The smallest absolute Gasteiger partial charge is 0.271 e. The van der Waals surface area contributed by atoms with Crippen LogP contribution in [0, 0.1) is 6.92 Å². The fourth-order valence-electron chi connectivity index (χ4n) is 1.76. The highest BCUT2D eigenvalue weighted by molar-refractivity contribution is 7.94. The highest BCUT2D eigenvalue weighted by atomic mass is 35.5. The Morgan fingerprint density at radius 3 is 2.71 bits per heavy atom. The molecule has 0 saturated carbocycles. The summed E-state index contributed by atoms with van der Waals surface area (Å²) < 4.78 is 27.6. The normalized spacial score (nSPS) is 11.6. The first-order chi connectivity index (χ1) is 9.92. The first-order valence-corrected chi connectivity index (χ1v) is 9.18. The number of hydrogen-bond donors (Lipinski definition) is 2. The van der Waals surface area contributed by atoms with Crippen LogP contribution in [0.3, 0.4) is 0 Å². The van der Waals surface area contributed by atoms with Gasteiger partial charge in [0, 0.05) is 11.4 Å². The molecule has 2 aromatic rings. The zero-order valence-electron chi connectivity index (χ0n) is 11.8.